The minimum absolute atomic E-state index is 0.249. The molecule has 0 saturated heterocycles. The third-order valence-corrected chi connectivity index (χ3v) is 7.11. The molecule has 0 spiro atoms. The van der Waals surface area contributed by atoms with Crippen LogP contribution in [-0.4, -0.2) is 53.1 Å². The fraction of sp³-hybridized carbons (Fsp3) is 0.857. The standard InChI is InChI=1S/C21H38N4O/c1-5-21(6-2)9-7-16(8-10-21)20-18(15-24(4)12-11-22-3)23-25-14-17(26)13-19(20)25/h16-17,22,26H,5-15H2,1-4H3. The minimum atomic E-state index is -0.249. The molecule has 5 nitrogen and oxygen atoms in total. The second kappa shape index (κ2) is 8.41. The molecule has 3 rings (SSSR count). The van der Waals surface area contributed by atoms with Gasteiger partial charge in [0.1, 0.15) is 0 Å². The maximum Gasteiger partial charge on any atom is 0.0802 e. The summed E-state index contributed by atoms with van der Waals surface area (Å²) in [5, 5.41) is 18.3. The third kappa shape index (κ3) is 4.00. The van der Waals surface area contributed by atoms with E-state index >= 15 is 0 Å². The van der Waals surface area contributed by atoms with Crippen LogP contribution in [0.25, 0.3) is 0 Å². The Bertz CT molecular complexity index is 583. The Balaban J connectivity index is 1.79. The van der Waals surface area contributed by atoms with Gasteiger partial charge < -0.3 is 10.4 Å². The monoisotopic (exact) mass is 362 g/mol. The first-order valence-electron chi connectivity index (χ1n) is 10.6. The van der Waals surface area contributed by atoms with E-state index in [-0.39, 0.29) is 6.10 Å². The number of fused-ring (bicyclic) bond motifs is 1. The van der Waals surface area contributed by atoms with E-state index in [1.54, 1.807) is 0 Å². The highest BCUT2D eigenvalue weighted by molar-refractivity contribution is 5.33. The average molecular weight is 363 g/mol. The zero-order valence-electron chi connectivity index (χ0n) is 17.2. The van der Waals surface area contributed by atoms with Crippen molar-refractivity contribution in [2.45, 2.75) is 83.9 Å². The fourth-order valence-corrected chi connectivity index (χ4v) is 5.12. The lowest BCUT2D eigenvalue weighted by Crippen LogP contribution is -2.29. The van der Waals surface area contributed by atoms with Gasteiger partial charge in [-0.1, -0.05) is 26.7 Å². The Morgan fingerprint density at radius 3 is 2.58 bits per heavy atom. The summed E-state index contributed by atoms with van der Waals surface area (Å²) >= 11 is 0. The van der Waals surface area contributed by atoms with Gasteiger partial charge in [0.05, 0.1) is 18.3 Å². The first-order valence-corrected chi connectivity index (χ1v) is 10.6. The number of nitrogens with zero attached hydrogens (tertiary/aromatic N) is 3. The average Bonchev–Trinajstić information content (AvgIpc) is 3.15. The van der Waals surface area contributed by atoms with Crippen LogP contribution in [0.15, 0.2) is 0 Å². The predicted molar refractivity (Wildman–Crippen MR) is 106 cm³/mol. The summed E-state index contributed by atoms with van der Waals surface area (Å²) in [5.74, 6) is 0.628. The van der Waals surface area contributed by atoms with Crippen LogP contribution in [0.5, 0.6) is 0 Å². The molecule has 2 N–H and O–H groups in total. The van der Waals surface area contributed by atoms with Gasteiger partial charge in [0.15, 0.2) is 0 Å². The Morgan fingerprint density at radius 2 is 1.96 bits per heavy atom. The number of rotatable bonds is 8. The van der Waals surface area contributed by atoms with Crippen LogP contribution in [0.1, 0.15) is 75.2 Å². The summed E-state index contributed by atoms with van der Waals surface area (Å²) in [5.41, 5.74) is 4.63. The van der Waals surface area contributed by atoms with Crippen molar-refractivity contribution >= 4 is 0 Å². The van der Waals surface area contributed by atoms with Crippen LogP contribution in [0, 0.1) is 5.41 Å². The van der Waals surface area contributed by atoms with Gasteiger partial charge in [-0.15, -0.1) is 0 Å². The molecule has 0 aromatic carbocycles. The van der Waals surface area contributed by atoms with Crippen LogP contribution in [0.3, 0.4) is 0 Å². The summed E-state index contributed by atoms with van der Waals surface area (Å²) in [6.07, 6.45) is 8.39. The second-order valence-corrected chi connectivity index (χ2v) is 8.67. The van der Waals surface area contributed by atoms with E-state index < -0.39 is 0 Å². The molecule has 1 unspecified atom stereocenters. The molecular weight excluding hydrogens is 324 g/mol. The first-order chi connectivity index (χ1) is 12.5. The highest BCUT2D eigenvalue weighted by Gasteiger charge is 2.37. The van der Waals surface area contributed by atoms with E-state index in [1.165, 1.54) is 55.5 Å². The Morgan fingerprint density at radius 1 is 1.27 bits per heavy atom. The molecule has 0 radical (unpaired) electrons. The molecule has 2 aliphatic rings. The second-order valence-electron chi connectivity index (χ2n) is 8.67. The van der Waals surface area contributed by atoms with Crippen molar-refractivity contribution in [2.24, 2.45) is 5.41 Å². The van der Waals surface area contributed by atoms with Crippen LogP contribution in [0.4, 0.5) is 0 Å². The molecule has 1 aromatic heterocycles. The Labute approximate surface area is 159 Å². The topological polar surface area (TPSA) is 53.3 Å². The molecular formula is C21H38N4O. The molecule has 1 aliphatic heterocycles. The highest BCUT2D eigenvalue weighted by atomic mass is 16.3. The van der Waals surface area contributed by atoms with Gasteiger partial charge in [0.25, 0.3) is 0 Å². The van der Waals surface area contributed by atoms with Crippen molar-refractivity contribution < 1.29 is 5.11 Å². The van der Waals surface area contributed by atoms with Gasteiger partial charge in [-0.3, -0.25) is 9.58 Å². The van der Waals surface area contributed by atoms with E-state index in [0.717, 1.165) is 26.1 Å². The summed E-state index contributed by atoms with van der Waals surface area (Å²) in [7, 11) is 4.18. The SMILES string of the molecule is CCC1(CC)CCC(c2c(CN(C)CCNC)nn3c2CC(O)C3)CC1. The number of nitrogens with one attached hydrogen (secondary N) is 1. The molecule has 1 saturated carbocycles. The molecule has 1 fully saturated rings. The summed E-state index contributed by atoms with van der Waals surface area (Å²) in [6, 6.07) is 0. The zero-order valence-corrected chi connectivity index (χ0v) is 17.2. The molecule has 2 heterocycles. The Kier molecular flexibility index (Phi) is 6.41. The van der Waals surface area contributed by atoms with Crippen LogP contribution < -0.4 is 5.32 Å². The van der Waals surface area contributed by atoms with Crippen molar-refractivity contribution in [3.05, 3.63) is 17.0 Å². The van der Waals surface area contributed by atoms with E-state index in [9.17, 15) is 5.11 Å². The molecule has 1 aliphatic carbocycles. The number of hydrogen-bond acceptors (Lipinski definition) is 4. The van der Waals surface area contributed by atoms with Crippen LogP contribution in [-0.2, 0) is 19.5 Å². The quantitative estimate of drug-likeness (QED) is 0.747. The minimum Gasteiger partial charge on any atom is -0.391 e. The number of aromatic nitrogens is 2. The van der Waals surface area contributed by atoms with E-state index in [1.807, 2.05) is 7.05 Å². The van der Waals surface area contributed by atoms with E-state index in [4.69, 9.17) is 5.10 Å². The van der Waals surface area contributed by atoms with Gasteiger partial charge >= 0.3 is 0 Å². The van der Waals surface area contributed by atoms with Crippen molar-refractivity contribution in [3.63, 3.8) is 0 Å². The fourth-order valence-electron chi connectivity index (χ4n) is 5.12. The number of aliphatic hydroxyl groups is 1. The van der Waals surface area contributed by atoms with Gasteiger partial charge in [-0.05, 0) is 51.1 Å². The van der Waals surface area contributed by atoms with E-state index in [2.05, 4.69) is 35.8 Å². The third-order valence-electron chi connectivity index (χ3n) is 7.11. The highest BCUT2D eigenvalue weighted by Crippen LogP contribution is 2.48. The molecule has 0 amide bonds. The summed E-state index contributed by atoms with van der Waals surface area (Å²) < 4.78 is 2.10. The molecule has 5 heteroatoms. The van der Waals surface area contributed by atoms with Crippen molar-refractivity contribution in [1.82, 2.24) is 20.0 Å². The van der Waals surface area contributed by atoms with Crippen LogP contribution in [0.2, 0.25) is 0 Å². The summed E-state index contributed by atoms with van der Waals surface area (Å²) in [6.45, 7) is 8.33. The van der Waals surface area contributed by atoms with Crippen molar-refractivity contribution in [2.75, 3.05) is 27.2 Å². The molecule has 148 valence electrons. The predicted octanol–water partition coefficient (Wildman–Crippen LogP) is 2.92. The van der Waals surface area contributed by atoms with Crippen molar-refractivity contribution in [3.8, 4) is 0 Å². The van der Waals surface area contributed by atoms with Gasteiger partial charge in [0, 0.05) is 37.3 Å². The summed E-state index contributed by atoms with van der Waals surface area (Å²) in [4.78, 5) is 2.36. The lowest BCUT2D eigenvalue weighted by atomic mass is 9.66. The maximum absolute atomic E-state index is 10.1. The van der Waals surface area contributed by atoms with Gasteiger partial charge in [0.2, 0.25) is 0 Å². The van der Waals surface area contributed by atoms with Crippen LogP contribution >= 0.6 is 0 Å². The van der Waals surface area contributed by atoms with Gasteiger partial charge in [-0.25, -0.2) is 0 Å². The normalized spacial score (nSPS) is 22.9. The van der Waals surface area contributed by atoms with Crippen molar-refractivity contribution in [1.29, 1.82) is 0 Å². The number of hydrogen-bond donors (Lipinski definition) is 2. The zero-order chi connectivity index (χ0) is 18.7. The van der Waals surface area contributed by atoms with E-state index in [0.29, 0.717) is 17.9 Å². The molecule has 1 aromatic rings. The largest absolute Gasteiger partial charge is 0.391 e. The number of likely N-dealkylation sites (N-methyl/N-ethyl adjacent to an activating group) is 2. The van der Waals surface area contributed by atoms with Gasteiger partial charge in [-0.2, -0.15) is 5.10 Å². The Hall–Kier alpha value is -0.910. The first kappa shape index (κ1) is 19.8. The lowest BCUT2D eigenvalue weighted by molar-refractivity contribution is 0.157. The lowest BCUT2D eigenvalue weighted by Gasteiger charge is -2.39. The smallest absolute Gasteiger partial charge is 0.0802 e. The molecule has 0 bridgehead atoms. The maximum atomic E-state index is 10.1. The molecule has 1 atom stereocenters. The number of aliphatic hydroxyl groups excluding tert-OH is 1. The molecule has 26 heavy (non-hydrogen) atoms.